The van der Waals surface area contributed by atoms with Crippen molar-refractivity contribution in [1.82, 2.24) is 0 Å². The number of hydrogen-bond donors (Lipinski definition) is 1. The van der Waals surface area contributed by atoms with Gasteiger partial charge in [0, 0.05) is 18.5 Å². The summed E-state index contributed by atoms with van der Waals surface area (Å²) < 4.78 is 5.85. The predicted octanol–water partition coefficient (Wildman–Crippen LogP) is 3.61. The summed E-state index contributed by atoms with van der Waals surface area (Å²) in [5.41, 5.74) is 1.28. The van der Waals surface area contributed by atoms with Gasteiger partial charge in [0.1, 0.15) is 5.75 Å². The number of nitrogens with zero attached hydrogens (tertiary/aromatic N) is 1. The number of hydrogen-bond acceptors (Lipinski definition) is 3. The lowest BCUT2D eigenvalue weighted by molar-refractivity contribution is 0.112. The molecule has 0 saturated heterocycles. The fourth-order valence-corrected chi connectivity index (χ4v) is 3.81. The van der Waals surface area contributed by atoms with E-state index in [1.165, 1.54) is 31.4 Å². The molecule has 1 aromatic carbocycles. The van der Waals surface area contributed by atoms with E-state index in [-0.39, 0.29) is 5.41 Å². The van der Waals surface area contributed by atoms with E-state index in [4.69, 9.17) is 4.74 Å². The summed E-state index contributed by atoms with van der Waals surface area (Å²) in [6.45, 7) is 3.09. The highest BCUT2D eigenvalue weighted by molar-refractivity contribution is 5.59. The molecule has 0 spiro atoms. The Bertz CT molecular complexity index is 452. The van der Waals surface area contributed by atoms with E-state index in [0.29, 0.717) is 6.61 Å². The molecule has 2 aliphatic rings. The zero-order valence-electron chi connectivity index (χ0n) is 12.9. The normalized spacial score (nSPS) is 21.9. The van der Waals surface area contributed by atoms with Gasteiger partial charge in [-0.1, -0.05) is 37.8 Å². The van der Waals surface area contributed by atoms with Crippen LogP contribution in [0.4, 0.5) is 5.69 Å². The summed E-state index contributed by atoms with van der Waals surface area (Å²) in [6.07, 6.45) is 8.52. The highest BCUT2D eigenvalue weighted by atomic mass is 16.5. The molecule has 1 N–H and O–H groups in total. The van der Waals surface area contributed by atoms with E-state index in [1.54, 1.807) is 0 Å². The maximum atomic E-state index is 10.1. The molecule has 1 heterocycles. The van der Waals surface area contributed by atoms with Crippen LogP contribution in [0.25, 0.3) is 0 Å². The second kappa shape index (κ2) is 6.69. The SMILES string of the molecule is OCC1(CN2CCCOc3ccccc32)CCCCCC1. The van der Waals surface area contributed by atoms with Crippen LogP contribution in [0.5, 0.6) is 5.75 Å². The standard InChI is InChI=1S/C18H27NO2/c20-15-18(10-5-1-2-6-11-18)14-19-12-7-13-21-17-9-4-3-8-16(17)19/h3-4,8-9,20H,1-2,5-7,10-15H2. The van der Waals surface area contributed by atoms with Crippen molar-refractivity contribution in [3.05, 3.63) is 24.3 Å². The third-order valence-electron chi connectivity index (χ3n) is 5.06. The Hall–Kier alpha value is -1.22. The zero-order chi connectivity index (χ0) is 14.5. The van der Waals surface area contributed by atoms with Gasteiger partial charge in [-0.2, -0.15) is 0 Å². The average molecular weight is 289 g/mol. The van der Waals surface area contributed by atoms with E-state index in [2.05, 4.69) is 23.1 Å². The molecule has 0 aromatic heterocycles. The molecule has 1 aliphatic heterocycles. The monoisotopic (exact) mass is 289 g/mol. The molecule has 1 fully saturated rings. The largest absolute Gasteiger partial charge is 0.491 e. The topological polar surface area (TPSA) is 32.7 Å². The molecule has 0 unspecified atom stereocenters. The first-order valence-corrected chi connectivity index (χ1v) is 8.41. The highest BCUT2D eigenvalue weighted by Gasteiger charge is 2.33. The van der Waals surface area contributed by atoms with Gasteiger partial charge in [-0.15, -0.1) is 0 Å². The minimum absolute atomic E-state index is 0.0773. The fourth-order valence-electron chi connectivity index (χ4n) is 3.81. The number of benzene rings is 1. The first kappa shape index (κ1) is 14.7. The van der Waals surface area contributed by atoms with Crippen LogP contribution in [0, 0.1) is 5.41 Å². The van der Waals surface area contributed by atoms with Gasteiger partial charge in [-0.05, 0) is 31.4 Å². The number of rotatable bonds is 3. The van der Waals surface area contributed by atoms with Crippen LogP contribution < -0.4 is 9.64 Å². The second-order valence-electron chi connectivity index (χ2n) is 6.66. The van der Waals surface area contributed by atoms with Crippen molar-refractivity contribution in [3.63, 3.8) is 0 Å². The van der Waals surface area contributed by atoms with Crippen LogP contribution >= 0.6 is 0 Å². The summed E-state index contributed by atoms with van der Waals surface area (Å²) in [7, 11) is 0. The average Bonchev–Trinajstić information content (AvgIpc) is 2.87. The van der Waals surface area contributed by atoms with Gasteiger partial charge in [0.15, 0.2) is 0 Å². The number of ether oxygens (including phenoxy) is 1. The molecule has 0 amide bonds. The van der Waals surface area contributed by atoms with Crippen molar-refractivity contribution in [3.8, 4) is 5.75 Å². The number of aliphatic hydroxyl groups is 1. The number of para-hydroxylation sites is 2. The van der Waals surface area contributed by atoms with Gasteiger partial charge in [0.05, 0.1) is 18.9 Å². The molecule has 1 aromatic rings. The van der Waals surface area contributed by atoms with E-state index in [9.17, 15) is 5.11 Å². The van der Waals surface area contributed by atoms with Crippen LogP contribution in [0.1, 0.15) is 44.9 Å². The third-order valence-corrected chi connectivity index (χ3v) is 5.06. The lowest BCUT2D eigenvalue weighted by atomic mass is 9.80. The number of aliphatic hydroxyl groups excluding tert-OH is 1. The zero-order valence-corrected chi connectivity index (χ0v) is 12.9. The Balaban J connectivity index is 1.82. The molecule has 0 atom stereocenters. The van der Waals surface area contributed by atoms with Crippen LogP contribution in [0.3, 0.4) is 0 Å². The minimum atomic E-state index is 0.0773. The van der Waals surface area contributed by atoms with Crippen molar-refractivity contribution < 1.29 is 9.84 Å². The summed E-state index contributed by atoms with van der Waals surface area (Å²) in [5, 5.41) is 10.1. The Kier molecular flexibility index (Phi) is 4.69. The quantitative estimate of drug-likeness (QED) is 0.863. The minimum Gasteiger partial charge on any atom is -0.491 e. The maximum Gasteiger partial charge on any atom is 0.142 e. The Morgan fingerprint density at radius 2 is 1.81 bits per heavy atom. The van der Waals surface area contributed by atoms with Crippen molar-refractivity contribution in [2.75, 3.05) is 31.2 Å². The highest BCUT2D eigenvalue weighted by Crippen LogP contribution is 2.39. The predicted molar refractivity (Wildman–Crippen MR) is 86.0 cm³/mol. The van der Waals surface area contributed by atoms with Gasteiger partial charge in [0.2, 0.25) is 0 Å². The van der Waals surface area contributed by atoms with Crippen molar-refractivity contribution in [2.45, 2.75) is 44.9 Å². The van der Waals surface area contributed by atoms with E-state index in [0.717, 1.165) is 44.7 Å². The van der Waals surface area contributed by atoms with E-state index in [1.807, 2.05) is 6.07 Å². The molecule has 0 bridgehead atoms. The van der Waals surface area contributed by atoms with E-state index < -0.39 is 0 Å². The molecule has 3 nitrogen and oxygen atoms in total. The number of anilines is 1. The first-order valence-electron chi connectivity index (χ1n) is 8.41. The molecule has 3 heteroatoms. The van der Waals surface area contributed by atoms with Crippen LogP contribution in [-0.2, 0) is 0 Å². The molecule has 21 heavy (non-hydrogen) atoms. The number of fused-ring (bicyclic) bond motifs is 1. The van der Waals surface area contributed by atoms with Gasteiger partial charge in [-0.25, -0.2) is 0 Å². The maximum absolute atomic E-state index is 10.1. The third kappa shape index (κ3) is 3.34. The Labute approximate surface area is 127 Å². The Morgan fingerprint density at radius 3 is 2.57 bits per heavy atom. The smallest absolute Gasteiger partial charge is 0.142 e. The lowest BCUT2D eigenvalue weighted by Crippen LogP contribution is -2.40. The second-order valence-corrected chi connectivity index (χ2v) is 6.66. The molecular weight excluding hydrogens is 262 g/mol. The molecule has 1 saturated carbocycles. The molecule has 3 rings (SSSR count). The van der Waals surface area contributed by atoms with E-state index >= 15 is 0 Å². The summed E-state index contributed by atoms with van der Waals surface area (Å²) >= 11 is 0. The van der Waals surface area contributed by atoms with Gasteiger partial charge < -0.3 is 14.7 Å². The molecule has 1 aliphatic carbocycles. The van der Waals surface area contributed by atoms with Crippen LogP contribution in [0.15, 0.2) is 24.3 Å². The molecule has 116 valence electrons. The summed E-state index contributed by atoms with van der Waals surface area (Å²) in [4.78, 5) is 2.45. The summed E-state index contributed by atoms with van der Waals surface area (Å²) in [5.74, 6) is 0.997. The van der Waals surface area contributed by atoms with Crippen LogP contribution in [-0.4, -0.2) is 31.4 Å². The van der Waals surface area contributed by atoms with Gasteiger partial charge in [0.25, 0.3) is 0 Å². The molecule has 0 radical (unpaired) electrons. The van der Waals surface area contributed by atoms with Gasteiger partial charge >= 0.3 is 0 Å². The van der Waals surface area contributed by atoms with Gasteiger partial charge in [-0.3, -0.25) is 0 Å². The summed E-state index contributed by atoms with van der Waals surface area (Å²) in [6, 6.07) is 8.34. The van der Waals surface area contributed by atoms with Crippen molar-refractivity contribution in [1.29, 1.82) is 0 Å². The molecular formula is C18H27NO2. The Morgan fingerprint density at radius 1 is 1.05 bits per heavy atom. The lowest BCUT2D eigenvalue weighted by Gasteiger charge is -2.37. The first-order chi connectivity index (χ1) is 10.3. The van der Waals surface area contributed by atoms with Crippen molar-refractivity contribution in [2.24, 2.45) is 5.41 Å². The fraction of sp³-hybridized carbons (Fsp3) is 0.667. The van der Waals surface area contributed by atoms with Crippen molar-refractivity contribution >= 4 is 5.69 Å². The van der Waals surface area contributed by atoms with Crippen LogP contribution in [0.2, 0.25) is 0 Å².